The van der Waals surface area contributed by atoms with E-state index in [0.717, 1.165) is 23.4 Å². The van der Waals surface area contributed by atoms with Gasteiger partial charge in [-0.2, -0.15) is 0 Å². The molecule has 0 spiro atoms. The van der Waals surface area contributed by atoms with E-state index < -0.39 is 5.97 Å². The second-order valence-electron chi connectivity index (χ2n) is 6.64. The largest absolute Gasteiger partial charge is 0.489 e. The van der Waals surface area contributed by atoms with Gasteiger partial charge >= 0.3 is 11.9 Å². The van der Waals surface area contributed by atoms with Crippen LogP contribution in [0, 0.1) is 5.92 Å². The number of aliphatic carboxylic acids is 1. The van der Waals surface area contributed by atoms with Crippen molar-refractivity contribution in [3.05, 3.63) is 65.2 Å². The van der Waals surface area contributed by atoms with Crippen LogP contribution in [0.2, 0.25) is 0 Å². The molecular weight excluding hydrogens is 346 g/mol. The molecule has 0 bridgehead atoms. The average Bonchev–Trinajstić information content (AvgIpc) is 3.16. The third-order valence-corrected chi connectivity index (χ3v) is 4.76. The molecule has 0 saturated carbocycles. The predicted octanol–water partition coefficient (Wildman–Crippen LogP) is 2.96. The van der Waals surface area contributed by atoms with Crippen molar-refractivity contribution in [2.45, 2.75) is 19.6 Å². The predicted molar refractivity (Wildman–Crippen MR) is 99.6 cm³/mol. The Balaban J connectivity index is 1.61. The lowest BCUT2D eigenvalue weighted by Gasteiger charge is -2.18. The maximum atomic E-state index is 11.5. The Hall–Kier alpha value is -2.86. The fourth-order valence-electron chi connectivity index (χ4n) is 3.21. The molecule has 142 valence electrons. The monoisotopic (exact) mass is 369 g/mol. The van der Waals surface area contributed by atoms with E-state index in [1.165, 1.54) is 7.11 Å². The third kappa shape index (κ3) is 4.86. The van der Waals surface area contributed by atoms with Crippen molar-refractivity contribution in [3.63, 3.8) is 0 Å². The molecule has 0 aliphatic carbocycles. The first-order valence-corrected chi connectivity index (χ1v) is 8.90. The summed E-state index contributed by atoms with van der Waals surface area (Å²) in [6, 6.07) is 14.9. The summed E-state index contributed by atoms with van der Waals surface area (Å²) < 4.78 is 10.7. The van der Waals surface area contributed by atoms with Gasteiger partial charge in [0.15, 0.2) is 0 Å². The van der Waals surface area contributed by atoms with Gasteiger partial charge < -0.3 is 14.6 Å². The van der Waals surface area contributed by atoms with Crippen LogP contribution in [0.3, 0.4) is 0 Å². The lowest BCUT2D eigenvalue weighted by molar-refractivity contribution is -0.141. The number of methoxy groups -OCH3 is 1. The van der Waals surface area contributed by atoms with E-state index >= 15 is 0 Å². The number of carboxylic acid groups (broad SMARTS) is 1. The minimum absolute atomic E-state index is 0.286. The molecule has 1 fully saturated rings. The van der Waals surface area contributed by atoms with Gasteiger partial charge in [0.1, 0.15) is 12.4 Å². The van der Waals surface area contributed by atoms with Gasteiger partial charge in [-0.3, -0.25) is 9.69 Å². The zero-order valence-electron chi connectivity index (χ0n) is 15.3. The van der Waals surface area contributed by atoms with E-state index in [-0.39, 0.29) is 11.9 Å². The van der Waals surface area contributed by atoms with Crippen molar-refractivity contribution in [3.8, 4) is 5.75 Å². The van der Waals surface area contributed by atoms with Gasteiger partial charge in [0.25, 0.3) is 0 Å². The highest BCUT2D eigenvalue weighted by Gasteiger charge is 2.28. The molecule has 1 saturated heterocycles. The van der Waals surface area contributed by atoms with Crippen LogP contribution >= 0.6 is 0 Å². The van der Waals surface area contributed by atoms with Crippen LogP contribution in [0.25, 0.3) is 0 Å². The van der Waals surface area contributed by atoms with E-state index in [0.29, 0.717) is 31.7 Å². The normalized spacial score (nSPS) is 16.9. The van der Waals surface area contributed by atoms with Crippen LogP contribution in [-0.4, -0.2) is 42.1 Å². The van der Waals surface area contributed by atoms with Crippen LogP contribution in [0.5, 0.6) is 5.75 Å². The van der Waals surface area contributed by atoms with Crippen molar-refractivity contribution < 1.29 is 24.2 Å². The summed E-state index contributed by atoms with van der Waals surface area (Å²) in [6.07, 6.45) is 0.685. The number of esters is 1. The number of hydrogen-bond donors (Lipinski definition) is 1. The van der Waals surface area contributed by atoms with Gasteiger partial charge in [-0.05, 0) is 36.7 Å². The van der Waals surface area contributed by atoms with Gasteiger partial charge in [-0.1, -0.05) is 30.3 Å². The topological polar surface area (TPSA) is 76.1 Å². The minimum atomic E-state index is -0.725. The van der Waals surface area contributed by atoms with Crippen molar-refractivity contribution in [2.24, 2.45) is 5.92 Å². The first-order valence-electron chi connectivity index (χ1n) is 8.90. The number of benzene rings is 2. The van der Waals surface area contributed by atoms with E-state index in [1.54, 1.807) is 12.1 Å². The fourth-order valence-corrected chi connectivity index (χ4v) is 3.21. The van der Waals surface area contributed by atoms with Gasteiger partial charge in [-0.15, -0.1) is 0 Å². The molecule has 1 aliphatic rings. The Morgan fingerprint density at radius 1 is 1.15 bits per heavy atom. The molecule has 0 aromatic heterocycles. The Morgan fingerprint density at radius 2 is 1.89 bits per heavy atom. The highest BCUT2D eigenvalue weighted by atomic mass is 16.5. The summed E-state index contributed by atoms with van der Waals surface area (Å²) in [5.41, 5.74) is 2.49. The molecule has 1 N–H and O–H groups in total. The molecule has 27 heavy (non-hydrogen) atoms. The Morgan fingerprint density at radius 3 is 2.56 bits per heavy atom. The number of carbonyl (C=O) groups is 2. The van der Waals surface area contributed by atoms with Crippen molar-refractivity contribution in [1.29, 1.82) is 0 Å². The lowest BCUT2D eigenvalue weighted by atomic mass is 10.1. The van der Waals surface area contributed by atoms with Gasteiger partial charge in [0, 0.05) is 18.7 Å². The SMILES string of the molecule is COC(=O)c1ccc(COc2ccccc2CN2CCC(C(=O)O)C2)cc1. The molecule has 1 unspecified atom stereocenters. The van der Waals surface area contributed by atoms with Crippen molar-refractivity contribution in [1.82, 2.24) is 4.90 Å². The summed E-state index contributed by atoms with van der Waals surface area (Å²) in [4.78, 5) is 24.8. The quantitative estimate of drug-likeness (QED) is 0.756. The number of nitrogens with zero attached hydrogens (tertiary/aromatic N) is 1. The summed E-state index contributed by atoms with van der Waals surface area (Å²) in [6.45, 7) is 2.40. The number of hydrogen-bond acceptors (Lipinski definition) is 5. The molecule has 6 heteroatoms. The number of rotatable bonds is 7. The number of likely N-dealkylation sites (tertiary alicyclic amines) is 1. The average molecular weight is 369 g/mol. The standard InChI is InChI=1S/C21H23NO5/c1-26-21(25)16-8-6-15(7-9-16)14-27-19-5-3-2-4-17(19)12-22-11-10-18(13-22)20(23)24/h2-9,18H,10-14H2,1H3,(H,23,24). The van der Waals surface area contributed by atoms with Gasteiger partial charge in [0.05, 0.1) is 18.6 Å². The zero-order chi connectivity index (χ0) is 19.2. The number of para-hydroxylation sites is 1. The minimum Gasteiger partial charge on any atom is -0.489 e. The number of ether oxygens (including phenoxy) is 2. The van der Waals surface area contributed by atoms with E-state index in [1.807, 2.05) is 36.4 Å². The Kier molecular flexibility index (Phi) is 6.08. The third-order valence-electron chi connectivity index (χ3n) is 4.76. The van der Waals surface area contributed by atoms with Crippen LogP contribution < -0.4 is 4.74 Å². The molecule has 6 nitrogen and oxygen atoms in total. The maximum Gasteiger partial charge on any atom is 0.337 e. The van der Waals surface area contributed by atoms with Crippen LogP contribution in [0.4, 0.5) is 0 Å². The molecule has 1 heterocycles. The van der Waals surface area contributed by atoms with Crippen molar-refractivity contribution in [2.75, 3.05) is 20.2 Å². The molecule has 1 atom stereocenters. The van der Waals surface area contributed by atoms with Crippen LogP contribution in [-0.2, 0) is 22.7 Å². The van der Waals surface area contributed by atoms with E-state index in [2.05, 4.69) is 4.90 Å². The fraction of sp³-hybridized carbons (Fsp3) is 0.333. The van der Waals surface area contributed by atoms with Crippen LogP contribution in [0.1, 0.15) is 27.9 Å². The molecule has 0 amide bonds. The molecule has 2 aromatic carbocycles. The van der Waals surface area contributed by atoms with Gasteiger partial charge in [-0.25, -0.2) is 4.79 Å². The summed E-state index contributed by atoms with van der Waals surface area (Å²) >= 11 is 0. The highest BCUT2D eigenvalue weighted by molar-refractivity contribution is 5.89. The Labute approximate surface area is 158 Å². The summed E-state index contributed by atoms with van der Waals surface area (Å²) in [5, 5.41) is 9.15. The van der Waals surface area contributed by atoms with Crippen LogP contribution in [0.15, 0.2) is 48.5 Å². The first-order chi connectivity index (χ1) is 13.1. The zero-order valence-corrected chi connectivity index (χ0v) is 15.3. The second-order valence-corrected chi connectivity index (χ2v) is 6.64. The van der Waals surface area contributed by atoms with E-state index in [9.17, 15) is 9.59 Å². The summed E-state index contributed by atoms with van der Waals surface area (Å²) in [7, 11) is 1.36. The van der Waals surface area contributed by atoms with Gasteiger partial charge in [0.2, 0.25) is 0 Å². The number of carbonyl (C=O) groups excluding carboxylic acids is 1. The lowest BCUT2D eigenvalue weighted by Crippen LogP contribution is -2.23. The highest BCUT2D eigenvalue weighted by Crippen LogP contribution is 2.25. The molecule has 1 aliphatic heterocycles. The van der Waals surface area contributed by atoms with Crippen molar-refractivity contribution >= 4 is 11.9 Å². The molecule has 3 rings (SSSR count). The molecular formula is C21H23NO5. The second kappa shape index (κ2) is 8.68. The molecule has 2 aromatic rings. The smallest absolute Gasteiger partial charge is 0.337 e. The van der Waals surface area contributed by atoms with E-state index in [4.69, 9.17) is 14.6 Å². The Bertz CT molecular complexity index is 802. The first kappa shape index (κ1) is 18.9. The summed E-state index contributed by atoms with van der Waals surface area (Å²) in [5.74, 6) is -0.588. The number of carboxylic acids is 1. The molecule has 0 radical (unpaired) electrons. The maximum absolute atomic E-state index is 11.5.